The Morgan fingerprint density at radius 2 is 1.62 bits per heavy atom. The van der Waals surface area contributed by atoms with Crippen LogP contribution < -0.4 is 10.9 Å². The molecule has 22 heteroatoms. The summed E-state index contributed by atoms with van der Waals surface area (Å²) in [5.41, 5.74) is 0.704. The molecule has 18 atom stereocenters. The molecule has 5 N–H and O–H groups in total. The van der Waals surface area contributed by atoms with Crippen LogP contribution in [0.1, 0.15) is 152 Å². The molecule has 0 spiro atoms. The Kier molecular flexibility index (Phi) is 23.7. The fourth-order valence-corrected chi connectivity index (χ4v) is 12.3. The summed E-state index contributed by atoms with van der Waals surface area (Å²) in [6.07, 6.45) is -3.70. The number of oxime groups is 1. The summed E-state index contributed by atoms with van der Waals surface area (Å²) >= 11 is 0. The van der Waals surface area contributed by atoms with Gasteiger partial charge in [-0.25, -0.2) is 10.2 Å². The van der Waals surface area contributed by atoms with Crippen molar-refractivity contribution in [3.63, 3.8) is 0 Å². The number of hydrogen-bond donors (Lipinski definition) is 5. The van der Waals surface area contributed by atoms with Crippen molar-refractivity contribution in [1.29, 1.82) is 0 Å². The lowest BCUT2D eigenvalue weighted by Gasteiger charge is -2.49. The van der Waals surface area contributed by atoms with E-state index in [1.807, 2.05) is 32.8 Å². The van der Waals surface area contributed by atoms with Gasteiger partial charge >= 0.3 is 18.0 Å². The van der Waals surface area contributed by atoms with Gasteiger partial charge in [0, 0.05) is 56.4 Å². The highest BCUT2D eigenvalue weighted by Gasteiger charge is 2.55. The van der Waals surface area contributed by atoms with Gasteiger partial charge in [-0.1, -0.05) is 83.2 Å². The number of rotatable bonds is 18. The Bertz CT molecular complexity index is 2140. The summed E-state index contributed by atoms with van der Waals surface area (Å²) in [7, 11) is 5.13. The number of nitrogens with zero attached hydrogens (tertiary/aromatic N) is 3. The average Bonchev–Trinajstić information content (AvgIpc) is 3.41. The molecule has 3 saturated heterocycles. The van der Waals surface area contributed by atoms with E-state index in [2.05, 4.69) is 16.0 Å². The largest absolute Gasteiger partial charge is 0.459 e. The third-order valence-corrected chi connectivity index (χ3v) is 16.7. The number of likely N-dealkylation sites (N-methyl/N-ethyl adjacent to an activating group) is 1. The summed E-state index contributed by atoms with van der Waals surface area (Å²) in [5.74, 6) is -4.41. The molecule has 1 aromatic carbocycles. The number of aliphatic hydroxyl groups excluding tert-OH is 1. The zero-order valence-electron chi connectivity index (χ0n) is 48.6. The number of carbonyl (C=O) groups excluding carboxylic acids is 3. The summed E-state index contributed by atoms with van der Waals surface area (Å²) < 4.78 is 51.1. The van der Waals surface area contributed by atoms with E-state index in [1.165, 1.54) is 59.1 Å². The molecule has 1 aliphatic carbocycles. The van der Waals surface area contributed by atoms with Crippen LogP contribution >= 0.6 is 0 Å². The van der Waals surface area contributed by atoms with Crippen LogP contribution in [0.3, 0.4) is 0 Å². The van der Waals surface area contributed by atoms with Gasteiger partial charge in [0.05, 0.1) is 58.7 Å². The number of cyclic esters (lactones) is 1. The first-order chi connectivity index (χ1) is 36.6. The minimum Gasteiger partial charge on any atom is -0.459 e. The van der Waals surface area contributed by atoms with Crippen molar-refractivity contribution in [1.82, 2.24) is 15.8 Å². The molecule has 4 fully saturated rings. The van der Waals surface area contributed by atoms with Crippen molar-refractivity contribution in [3.8, 4) is 0 Å². The number of amides is 1. The number of ether oxygens (including phenoxy) is 8. The van der Waals surface area contributed by atoms with Gasteiger partial charge in [-0.2, -0.15) is 0 Å². The second-order valence-electron chi connectivity index (χ2n) is 23.4. The Labute approximate surface area is 461 Å². The monoisotopic (exact) mass is 1110 g/mol. The number of hydrazine groups is 1. The first kappa shape index (κ1) is 64.7. The Morgan fingerprint density at radius 1 is 0.936 bits per heavy atom. The molecule has 1 amide bonds. The highest BCUT2D eigenvalue weighted by Crippen LogP contribution is 2.42. The van der Waals surface area contributed by atoms with Crippen LogP contribution in [0.15, 0.2) is 29.4 Å². The third kappa shape index (κ3) is 16.5. The molecule has 78 heavy (non-hydrogen) atoms. The SMILES string of the molecule is CC[C@H]1OC(=O)[C@H](C)[C@@H](O[C@H]2C[C@@](C)(OC)[C@@H](OC(C)=O)[C@H](C)O2)[C@H](C)[C@@H](O[C@@H]2O[C@H](C)C[C@H](N(C)C)[C@H]2OC(=O)NNCc2ccccc2[N+](=O)[O-])C(C)(O)C[C@@H](C)/C(=N\OCCCC2CCCCC2)[C@H](C)[C@@H](O)[C@]1(C)O. The molecule has 0 bridgehead atoms. The number of nitrogens with one attached hydrogen (secondary N) is 2. The molecular formula is C56H93N5O17. The molecule has 5 rings (SSSR count). The number of nitro groups is 1. The van der Waals surface area contributed by atoms with Crippen LogP contribution in [-0.4, -0.2) is 161 Å². The normalized spacial score (nSPS) is 38.2. The van der Waals surface area contributed by atoms with Crippen LogP contribution in [0.5, 0.6) is 0 Å². The summed E-state index contributed by atoms with van der Waals surface area (Å²) in [6.45, 7) is 18.5. The van der Waals surface area contributed by atoms with Crippen molar-refractivity contribution in [2.75, 3.05) is 27.8 Å². The van der Waals surface area contributed by atoms with Gasteiger partial charge in [0.15, 0.2) is 24.8 Å². The summed E-state index contributed by atoms with van der Waals surface area (Å²) in [5, 5.41) is 54.2. The van der Waals surface area contributed by atoms with E-state index in [0.717, 1.165) is 12.8 Å². The van der Waals surface area contributed by atoms with Crippen molar-refractivity contribution in [2.24, 2.45) is 34.7 Å². The lowest BCUT2D eigenvalue weighted by molar-refractivity contribution is -0.385. The number of methoxy groups -OCH3 is 1. The first-order valence-corrected chi connectivity index (χ1v) is 28.1. The maximum Gasteiger partial charge on any atom is 0.422 e. The second kappa shape index (κ2) is 28.5. The van der Waals surface area contributed by atoms with Crippen LogP contribution in [0.2, 0.25) is 0 Å². The predicted octanol–water partition coefficient (Wildman–Crippen LogP) is 6.87. The van der Waals surface area contributed by atoms with Gasteiger partial charge in [0.25, 0.3) is 5.69 Å². The van der Waals surface area contributed by atoms with E-state index in [-0.39, 0.29) is 31.5 Å². The molecule has 1 saturated carbocycles. The zero-order valence-corrected chi connectivity index (χ0v) is 48.6. The second-order valence-corrected chi connectivity index (χ2v) is 23.4. The number of benzene rings is 1. The molecular weight excluding hydrogens is 1010 g/mol. The van der Waals surface area contributed by atoms with Gasteiger partial charge in [0.2, 0.25) is 0 Å². The quantitative estimate of drug-likeness (QED) is 0.0330. The van der Waals surface area contributed by atoms with E-state index < -0.39 is 131 Å². The van der Waals surface area contributed by atoms with Crippen LogP contribution in [0.4, 0.5) is 10.5 Å². The standard InChI is InChI=1S/C56H93N5O17/c1-15-43-56(11,67)48(63)34(4)45(59-71-27-21-24-39-22-17-16-18-23-39)32(2)29-54(9,66)49(35(5)46(36(6)51(64)75-43)76-44-30-55(10,70-14)50(37(7)73-44)74-38(8)62)78-52-47(42(60(12)13)28-33(3)72-52)77-53(65)58-57-31-40-25-19-20-26-41(40)61(68)69/h19-20,25-26,32-37,39,42-44,46-50,52,57,63,66-67H,15-18,21-24,27-31H2,1-14H3,(H,58,65)/b59-45+/t32-,33-,34+,35+,36-,37+,42+,43-,44+,46+,47-,48-,49-,50+,52+,54?,55-,56-/m1/s1. The van der Waals surface area contributed by atoms with Crippen molar-refractivity contribution < 1.29 is 77.4 Å². The van der Waals surface area contributed by atoms with Crippen molar-refractivity contribution in [3.05, 3.63) is 39.9 Å². The highest BCUT2D eigenvalue weighted by molar-refractivity contribution is 5.88. The fraction of sp³-hybridized carbons (Fsp3) is 0.821. The molecule has 0 radical (unpaired) electrons. The Balaban J connectivity index is 1.59. The molecule has 3 aliphatic heterocycles. The predicted molar refractivity (Wildman–Crippen MR) is 287 cm³/mol. The molecule has 1 aromatic rings. The smallest absolute Gasteiger partial charge is 0.422 e. The van der Waals surface area contributed by atoms with Gasteiger partial charge in [0.1, 0.15) is 23.9 Å². The van der Waals surface area contributed by atoms with Crippen LogP contribution in [-0.2, 0) is 58.9 Å². The van der Waals surface area contributed by atoms with Crippen molar-refractivity contribution in [2.45, 2.75) is 238 Å². The Hall–Kier alpha value is -4.10. The number of carbonyl (C=O) groups is 3. The van der Waals surface area contributed by atoms with Gasteiger partial charge in [-0.3, -0.25) is 25.1 Å². The van der Waals surface area contributed by atoms with Gasteiger partial charge in [-0.15, -0.1) is 0 Å². The number of aliphatic hydroxyl groups is 3. The number of nitro benzene ring substituents is 1. The van der Waals surface area contributed by atoms with Gasteiger partial charge < -0.3 is 63.0 Å². The van der Waals surface area contributed by atoms with Gasteiger partial charge in [-0.05, 0) is 93.7 Å². The molecule has 1 unspecified atom stereocenters. The lowest BCUT2D eigenvalue weighted by Crippen LogP contribution is -2.62. The minimum atomic E-state index is -2.01. The number of hydrogen-bond acceptors (Lipinski definition) is 20. The molecule has 0 aromatic heterocycles. The lowest BCUT2D eigenvalue weighted by atomic mass is 9.73. The zero-order chi connectivity index (χ0) is 57.9. The van der Waals surface area contributed by atoms with Crippen LogP contribution in [0, 0.1) is 39.7 Å². The first-order valence-electron chi connectivity index (χ1n) is 28.1. The highest BCUT2D eigenvalue weighted by atomic mass is 16.7. The number of para-hydroxylation sites is 1. The summed E-state index contributed by atoms with van der Waals surface area (Å²) in [4.78, 5) is 60.0. The van der Waals surface area contributed by atoms with E-state index >= 15 is 0 Å². The van der Waals surface area contributed by atoms with E-state index in [0.29, 0.717) is 30.2 Å². The summed E-state index contributed by atoms with van der Waals surface area (Å²) in [6, 6.07) is 5.60. The Morgan fingerprint density at radius 3 is 2.24 bits per heavy atom. The number of esters is 2. The third-order valence-electron chi connectivity index (χ3n) is 16.7. The van der Waals surface area contributed by atoms with E-state index in [1.54, 1.807) is 66.7 Å². The van der Waals surface area contributed by atoms with Crippen molar-refractivity contribution >= 4 is 29.4 Å². The topological polar surface area (TPSA) is 278 Å². The molecule has 4 aliphatic rings. The van der Waals surface area contributed by atoms with E-state index in [4.69, 9.17) is 42.7 Å². The molecule has 444 valence electrons. The van der Waals surface area contributed by atoms with Crippen LogP contribution in [0.25, 0.3) is 0 Å². The molecule has 3 heterocycles. The maximum absolute atomic E-state index is 14.8. The van der Waals surface area contributed by atoms with E-state index in [9.17, 15) is 39.8 Å². The molecule has 22 nitrogen and oxygen atoms in total. The minimum absolute atomic E-state index is 0.0248. The fourth-order valence-electron chi connectivity index (χ4n) is 12.3. The maximum atomic E-state index is 14.8. The average molecular weight is 1110 g/mol.